The molecule has 5 aromatic rings. The predicted molar refractivity (Wildman–Crippen MR) is 124 cm³/mol. The molecule has 0 aliphatic heterocycles. The van der Waals surface area contributed by atoms with Gasteiger partial charge in [-0.1, -0.05) is 36.3 Å². The maximum atomic E-state index is 14.6. The molecule has 2 aromatic carbocycles. The Kier molecular flexibility index (Phi) is 5.42. The Balaban J connectivity index is 1.71. The fraction of sp³-hybridized carbons (Fsp3) is 0.130. The molecule has 0 fully saturated rings. The van der Waals surface area contributed by atoms with E-state index in [9.17, 15) is 9.18 Å². The average molecular weight is 458 g/mol. The first-order valence-corrected chi connectivity index (χ1v) is 10.5. The lowest BCUT2D eigenvalue weighted by atomic mass is 10.1. The molecule has 34 heavy (non-hydrogen) atoms. The van der Waals surface area contributed by atoms with Crippen molar-refractivity contribution in [3.8, 4) is 17.1 Å². The van der Waals surface area contributed by atoms with Crippen molar-refractivity contribution in [2.75, 3.05) is 11.1 Å². The summed E-state index contributed by atoms with van der Waals surface area (Å²) in [5, 5.41) is 7.06. The van der Waals surface area contributed by atoms with E-state index in [1.807, 2.05) is 13.0 Å². The second-order valence-electron chi connectivity index (χ2n) is 7.42. The summed E-state index contributed by atoms with van der Waals surface area (Å²) < 4.78 is 20.9. The second kappa shape index (κ2) is 8.70. The van der Waals surface area contributed by atoms with Crippen LogP contribution in [0.3, 0.4) is 0 Å². The fourth-order valence-electron chi connectivity index (χ4n) is 3.79. The van der Waals surface area contributed by atoms with E-state index in [4.69, 9.17) is 15.2 Å². The third-order valence-electron chi connectivity index (χ3n) is 5.38. The number of rotatable bonds is 6. The first-order chi connectivity index (χ1) is 16.6. The van der Waals surface area contributed by atoms with E-state index < -0.39 is 17.4 Å². The fourth-order valence-corrected chi connectivity index (χ4v) is 3.79. The quantitative estimate of drug-likeness (QED) is 0.391. The molecule has 3 heterocycles. The number of fused-ring (bicyclic) bond motifs is 1. The molecule has 11 heteroatoms. The van der Waals surface area contributed by atoms with Gasteiger partial charge in [0, 0.05) is 0 Å². The molecule has 0 aliphatic carbocycles. The van der Waals surface area contributed by atoms with Gasteiger partial charge in [-0.05, 0) is 30.7 Å². The van der Waals surface area contributed by atoms with Crippen LogP contribution in [-0.2, 0) is 0 Å². The molecule has 0 bridgehead atoms. The number of benzene rings is 2. The summed E-state index contributed by atoms with van der Waals surface area (Å²) in [4.78, 5) is 30.6. The lowest BCUT2D eigenvalue weighted by Crippen LogP contribution is -2.29. The van der Waals surface area contributed by atoms with E-state index in [0.717, 1.165) is 0 Å². The first-order valence-electron chi connectivity index (χ1n) is 10.5. The van der Waals surface area contributed by atoms with Gasteiger partial charge in [-0.3, -0.25) is 9.36 Å². The zero-order valence-corrected chi connectivity index (χ0v) is 18.0. The minimum absolute atomic E-state index is 0.0799. The summed E-state index contributed by atoms with van der Waals surface area (Å²) in [5.74, 6) is 0.462. The molecular weight excluding hydrogens is 439 g/mol. The highest BCUT2D eigenvalue weighted by atomic mass is 19.1. The summed E-state index contributed by atoms with van der Waals surface area (Å²) in [7, 11) is 0. The Hall–Kier alpha value is -4.67. The highest BCUT2D eigenvalue weighted by Crippen LogP contribution is 2.31. The highest BCUT2D eigenvalue weighted by Gasteiger charge is 2.24. The molecule has 0 saturated carbocycles. The van der Waals surface area contributed by atoms with Gasteiger partial charge < -0.3 is 15.6 Å². The maximum Gasteiger partial charge on any atom is 0.269 e. The number of hydrogen-bond donors (Lipinski definition) is 2. The molecule has 5 rings (SSSR count). The van der Waals surface area contributed by atoms with Gasteiger partial charge in [0.2, 0.25) is 12.2 Å². The van der Waals surface area contributed by atoms with Crippen LogP contribution in [0, 0.1) is 5.82 Å². The van der Waals surface area contributed by atoms with Crippen LogP contribution in [0.25, 0.3) is 28.0 Å². The van der Waals surface area contributed by atoms with Gasteiger partial charge in [0.25, 0.3) is 5.56 Å². The monoisotopic (exact) mass is 458 g/mol. The number of hydrogen-bond acceptors (Lipinski definition) is 9. The Bertz CT molecular complexity index is 1520. The normalized spacial score (nSPS) is 12.1. The molecule has 0 aliphatic rings. The first kappa shape index (κ1) is 21.2. The van der Waals surface area contributed by atoms with E-state index in [0.29, 0.717) is 29.3 Å². The van der Waals surface area contributed by atoms with Crippen LogP contribution in [0.5, 0.6) is 0 Å². The molecule has 170 valence electrons. The van der Waals surface area contributed by atoms with E-state index in [1.54, 1.807) is 30.3 Å². The number of halogens is 1. The number of nitrogens with one attached hydrogen (secondary N) is 1. The number of nitrogens with zero attached hydrogens (tertiary/aromatic N) is 6. The number of nitrogen functional groups attached to an aromatic ring is 1. The summed E-state index contributed by atoms with van der Waals surface area (Å²) in [6.45, 7) is 1.92. The lowest BCUT2D eigenvalue weighted by Gasteiger charge is -2.23. The Labute approximate surface area is 192 Å². The van der Waals surface area contributed by atoms with E-state index in [2.05, 4.69) is 25.4 Å². The summed E-state index contributed by atoms with van der Waals surface area (Å²) >= 11 is 0. The van der Waals surface area contributed by atoms with Gasteiger partial charge in [0.1, 0.15) is 40.6 Å². The van der Waals surface area contributed by atoms with Gasteiger partial charge in [0.15, 0.2) is 0 Å². The molecule has 3 N–H and O–H groups in total. The number of aromatic nitrogens is 6. The maximum absolute atomic E-state index is 14.6. The molecule has 3 aromatic heterocycles. The van der Waals surface area contributed by atoms with Crippen molar-refractivity contribution in [2.45, 2.75) is 19.4 Å². The second-order valence-corrected chi connectivity index (χ2v) is 7.42. The zero-order chi connectivity index (χ0) is 23.7. The summed E-state index contributed by atoms with van der Waals surface area (Å²) in [6, 6.07) is 12.8. The van der Waals surface area contributed by atoms with Crippen LogP contribution >= 0.6 is 0 Å². The van der Waals surface area contributed by atoms with Gasteiger partial charge in [-0.2, -0.15) is 4.98 Å². The van der Waals surface area contributed by atoms with Crippen LogP contribution < -0.4 is 16.6 Å². The number of para-hydroxylation sites is 1. The predicted octanol–water partition coefficient (Wildman–Crippen LogP) is 3.51. The van der Waals surface area contributed by atoms with E-state index in [-0.39, 0.29) is 22.5 Å². The molecule has 0 unspecified atom stereocenters. The Morgan fingerprint density at radius 2 is 1.94 bits per heavy atom. The zero-order valence-electron chi connectivity index (χ0n) is 18.0. The smallest absolute Gasteiger partial charge is 0.269 e. The standard InChI is InChI=1S/C23H19FN8O2/c1-2-15(29-20-18(19(25)26-11-27-20)21-28-12-34-31-21)22-30-16-10-6-9-14(24)17(16)23(33)32(22)13-7-4-3-5-8-13/h3-12,15H,2H2,1H3,(H3,25,26,27,29)/t15-/m0/s1. The molecule has 0 radical (unpaired) electrons. The van der Waals surface area contributed by atoms with Crippen molar-refractivity contribution in [1.82, 2.24) is 29.7 Å². The Morgan fingerprint density at radius 3 is 2.68 bits per heavy atom. The Morgan fingerprint density at radius 1 is 1.12 bits per heavy atom. The molecule has 1 atom stereocenters. The third-order valence-corrected chi connectivity index (χ3v) is 5.38. The van der Waals surface area contributed by atoms with Crippen molar-refractivity contribution in [1.29, 1.82) is 0 Å². The molecule has 0 saturated heterocycles. The highest BCUT2D eigenvalue weighted by molar-refractivity contribution is 5.80. The van der Waals surface area contributed by atoms with Crippen molar-refractivity contribution in [2.24, 2.45) is 0 Å². The van der Waals surface area contributed by atoms with Crippen molar-refractivity contribution in [3.63, 3.8) is 0 Å². The van der Waals surface area contributed by atoms with Crippen molar-refractivity contribution in [3.05, 3.63) is 83.2 Å². The average Bonchev–Trinajstić information content (AvgIpc) is 3.37. The van der Waals surface area contributed by atoms with Crippen molar-refractivity contribution >= 4 is 22.5 Å². The molecule has 0 spiro atoms. The van der Waals surface area contributed by atoms with Crippen molar-refractivity contribution < 1.29 is 8.91 Å². The van der Waals surface area contributed by atoms with Crippen LogP contribution in [0.2, 0.25) is 0 Å². The van der Waals surface area contributed by atoms with E-state index >= 15 is 0 Å². The number of anilines is 2. The van der Waals surface area contributed by atoms with Crippen LogP contribution in [0.15, 0.2) is 70.6 Å². The van der Waals surface area contributed by atoms with Crippen LogP contribution in [0.1, 0.15) is 25.2 Å². The SMILES string of the molecule is CC[C@H](Nc1ncnc(N)c1-c1ncon1)c1nc2cccc(F)c2c(=O)n1-c1ccccc1. The van der Waals surface area contributed by atoms with E-state index in [1.165, 1.54) is 29.4 Å². The topological polar surface area (TPSA) is 138 Å². The third kappa shape index (κ3) is 3.62. The molecular formula is C23H19FN8O2. The number of nitrogens with two attached hydrogens (primary N) is 1. The minimum atomic E-state index is -0.629. The summed E-state index contributed by atoms with van der Waals surface area (Å²) in [6.07, 6.45) is 2.99. The largest absolute Gasteiger partial charge is 0.383 e. The summed E-state index contributed by atoms with van der Waals surface area (Å²) in [5.41, 5.74) is 6.74. The van der Waals surface area contributed by atoms with Gasteiger partial charge in [0.05, 0.1) is 17.2 Å². The lowest BCUT2D eigenvalue weighted by molar-refractivity contribution is 0.418. The van der Waals surface area contributed by atoms with Crippen LogP contribution in [0.4, 0.5) is 16.0 Å². The minimum Gasteiger partial charge on any atom is -0.383 e. The van der Waals surface area contributed by atoms with Gasteiger partial charge in [-0.25, -0.2) is 19.3 Å². The molecule has 10 nitrogen and oxygen atoms in total. The van der Waals surface area contributed by atoms with Gasteiger partial charge >= 0.3 is 0 Å². The van der Waals surface area contributed by atoms with Crippen LogP contribution in [-0.4, -0.2) is 29.7 Å². The van der Waals surface area contributed by atoms with Gasteiger partial charge in [-0.15, -0.1) is 0 Å². The molecule has 0 amide bonds.